The van der Waals surface area contributed by atoms with Crippen molar-refractivity contribution in [2.45, 2.75) is 6.04 Å². The summed E-state index contributed by atoms with van der Waals surface area (Å²) in [5.74, 6) is 0.567. The van der Waals surface area contributed by atoms with Gasteiger partial charge in [0.1, 0.15) is 12.2 Å². The highest BCUT2D eigenvalue weighted by Gasteiger charge is 2.21. The molecule has 2 heterocycles. The summed E-state index contributed by atoms with van der Waals surface area (Å²) in [5.41, 5.74) is 5.57. The summed E-state index contributed by atoms with van der Waals surface area (Å²) < 4.78 is 1.92. The molecule has 0 aliphatic carbocycles. The van der Waals surface area contributed by atoms with E-state index in [0.717, 1.165) is 0 Å². The van der Waals surface area contributed by atoms with Gasteiger partial charge in [0, 0.05) is 0 Å². The molecule has 0 aromatic carbocycles. The number of aliphatic imine (C=N–C) groups is 1. The summed E-state index contributed by atoms with van der Waals surface area (Å²) in [5, 5.41) is 0. The van der Waals surface area contributed by atoms with Crippen molar-refractivity contribution < 1.29 is 4.58 Å². The first-order valence-corrected chi connectivity index (χ1v) is 3.18. The smallest absolute Gasteiger partial charge is 0.287 e. The molecule has 0 saturated carbocycles. The van der Waals surface area contributed by atoms with Crippen LogP contribution in [0.4, 0.5) is 0 Å². The zero-order valence-corrected chi connectivity index (χ0v) is 5.44. The van der Waals surface area contributed by atoms with Gasteiger partial charge in [-0.05, 0) is 18.2 Å². The highest BCUT2D eigenvalue weighted by atomic mass is 15.2. The fourth-order valence-electron chi connectivity index (χ4n) is 1.11. The van der Waals surface area contributed by atoms with Crippen LogP contribution < -0.4 is 5.73 Å². The Morgan fingerprint density at radius 3 is 3.20 bits per heavy atom. The van der Waals surface area contributed by atoms with Gasteiger partial charge in [-0.3, -0.25) is 5.73 Å². The van der Waals surface area contributed by atoms with Gasteiger partial charge in [-0.2, -0.15) is 0 Å². The van der Waals surface area contributed by atoms with Gasteiger partial charge < -0.3 is 0 Å². The van der Waals surface area contributed by atoms with Crippen LogP contribution in [-0.4, -0.2) is 22.8 Å². The molecule has 3 heteroatoms. The van der Waals surface area contributed by atoms with E-state index in [1.54, 1.807) is 6.20 Å². The summed E-state index contributed by atoms with van der Waals surface area (Å²) in [6.07, 6.45) is 9.70. The molecule has 3 nitrogen and oxygen atoms in total. The third kappa shape index (κ3) is 0.603. The lowest BCUT2D eigenvalue weighted by Gasteiger charge is -2.07. The maximum Gasteiger partial charge on any atom is 0.389 e. The lowest BCUT2D eigenvalue weighted by atomic mass is 10.3. The van der Waals surface area contributed by atoms with Crippen molar-refractivity contribution >= 4 is 12.2 Å². The molecule has 0 amide bonds. The third-order valence-corrected chi connectivity index (χ3v) is 1.63. The van der Waals surface area contributed by atoms with Gasteiger partial charge in [-0.15, -0.1) is 0 Å². The largest absolute Gasteiger partial charge is 0.389 e. The fraction of sp³-hybridized carbons (Fsp3) is 0.143. The Labute approximate surface area is 58.9 Å². The molecule has 0 spiro atoms. The van der Waals surface area contributed by atoms with Crippen molar-refractivity contribution in [2.75, 3.05) is 0 Å². The first kappa shape index (κ1) is 5.41. The van der Waals surface area contributed by atoms with Crippen LogP contribution in [0.2, 0.25) is 0 Å². The van der Waals surface area contributed by atoms with Crippen LogP contribution in [0.15, 0.2) is 29.4 Å². The van der Waals surface area contributed by atoms with E-state index in [9.17, 15) is 0 Å². The van der Waals surface area contributed by atoms with Crippen LogP contribution in [-0.2, 0) is 0 Å². The zero-order valence-electron chi connectivity index (χ0n) is 5.44. The number of nitrogens with two attached hydrogens (primary N) is 1. The number of fused-ring (bicyclic) bond motifs is 1. The van der Waals surface area contributed by atoms with E-state index in [1.165, 1.54) is 0 Å². The summed E-state index contributed by atoms with van der Waals surface area (Å²) in [4.78, 5) is 3.94. The predicted octanol–water partition coefficient (Wildman–Crippen LogP) is -0.150. The quantitative estimate of drug-likeness (QED) is 0.460. The fourth-order valence-corrected chi connectivity index (χ4v) is 1.11. The minimum atomic E-state index is 0.303. The lowest BCUT2D eigenvalue weighted by molar-refractivity contribution is -0.420. The van der Waals surface area contributed by atoms with Crippen molar-refractivity contribution in [2.24, 2.45) is 10.7 Å². The van der Waals surface area contributed by atoms with E-state index < -0.39 is 0 Å². The highest BCUT2D eigenvalue weighted by molar-refractivity contribution is 5.81. The number of nitrogens with zero attached hydrogens (tertiary/aromatic N) is 2. The molecule has 0 saturated heterocycles. The van der Waals surface area contributed by atoms with Crippen molar-refractivity contribution in [3.8, 4) is 0 Å². The molecule has 1 unspecified atom stereocenters. The monoisotopic (exact) mass is 134 g/mol. The number of hydrogen-bond donors (Lipinski definition) is 1. The van der Waals surface area contributed by atoms with E-state index in [2.05, 4.69) is 11.1 Å². The second-order valence-electron chi connectivity index (χ2n) is 2.26. The van der Waals surface area contributed by atoms with Crippen LogP contribution in [0.5, 0.6) is 0 Å². The highest BCUT2D eigenvalue weighted by Crippen LogP contribution is 2.05. The number of allylic oxidation sites excluding steroid dienone is 1. The third-order valence-electron chi connectivity index (χ3n) is 1.63. The van der Waals surface area contributed by atoms with Crippen LogP contribution >= 0.6 is 0 Å². The molecule has 10 heavy (non-hydrogen) atoms. The Bertz CT molecular complexity index is 271. The molecule has 0 fully saturated rings. The second-order valence-corrected chi connectivity index (χ2v) is 2.26. The maximum atomic E-state index is 5.57. The molecule has 2 N–H and O–H groups in total. The minimum Gasteiger partial charge on any atom is -0.287 e. The number of rotatable bonds is 0. The van der Waals surface area contributed by atoms with Crippen molar-refractivity contribution in [1.82, 2.24) is 0 Å². The second kappa shape index (κ2) is 1.80. The average molecular weight is 134 g/mol. The van der Waals surface area contributed by atoms with Gasteiger partial charge >= 0.3 is 5.96 Å². The topological polar surface area (TPSA) is 41.4 Å². The summed E-state index contributed by atoms with van der Waals surface area (Å²) in [6, 6.07) is 0.303. The Balaban J connectivity index is 2.44. The molecule has 2 rings (SSSR count). The molecule has 2 aliphatic heterocycles. The van der Waals surface area contributed by atoms with E-state index in [-0.39, 0.29) is 0 Å². The maximum absolute atomic E-state index is 5.57. The van der Waals surface area contributed by atoms with Crippen LogP contribution in [0, 0.1) is 0 Å². The van der Waals surface area contributed by atoms with Gasteiger partial charge in [0.2, 0.25) is 0 Å². The Morgan fingerprint density at radius 1 is 1.50 bits per heavy atom. The number of hydrogen-bond acceptors (Lipinski definition) is 2. The van der Waals surface area contributed by atoms with Gasteiger partial charge in [-0.25, -0.2) is 4.58 Å². The van der Waals surface area contributed by atoms with E-state index in [0.29, 0.717) is 12.0 Å². The van der Waals surface area contributed by atoms with Gasteiger partial charge in [0.15, 0.2) is 0 Å². The van der Waals surface area contributed by atoms with E-state index in [1.807, 2.05) is 22.9 Å². The van der Waals surface area contributed by atoms with Crippen LogP contribution in [0.25, 0.3) is 0 Å². The van der Waals surface area contributed by atoms with Crippen LogP contribution in [0.3, 0.4) is 0 Å². The Kier molecular flexibility index (Phi) is 0.974. The lowest BCUT2D eigenvalue weighted by Crippen LogP contribution is -2.35. The van der Waals surface area contributed by atoms with Crippen molar-refractivity contribution in [3.05, 3.63) is 24.4 Å². The Hall–Kier alpha value is -1.38. The van der Waals surface area contributed by atoms with E-state index in [4.69, 9.17) is 5.73 Å². The molecule has 0 aromatic heterocycles. The molecule has 0 radical (unpaired) electrons. The van der Waals surface area contributed by atoms with Gasteiger partial charge in [0.05, 0.1) is 6.21 Å². The molecule has 0 aromatic rings. The van der Waals surface area contributed by atoms with Crippen LogP contribution in [0.1, 0.15) is 0 Å². The molecular formula is C7H8N3+. The molecule has 1 atom stereocenters. The normalized spacial score (nSPS) is 27.8. The van der Waals surface area contributed by atoms with Crippen molar-refractivity contribution in [1.29, 1.82) is 0 Å². The van der Waals surface area contributed by atoms with E-state index >= 15 is 0 Å². The SMILES string of the molecule is NC1=NC=CC2C=CC=[N+]12. The standard InChI is InChI=1S/C7H8N3/c8-7-9-4-3-6-2-1-5-10(6)7/h1-6H,(H2,8,9)/q+1. The average Bonchev–Trinajstić information content (AvgIpc) is 2.36. The minimum absolute atomic E-state index is 0.303. The molecular weight excluding hydrogens is 126 g/mol. The molecule has 0 bridgehead atoms. The van der Waals surface area contributed by atoms with Crippen molar-refractivity contribution in [3.63, 3.8) is 0 Å². The first-order valence-electron chi connectivity index (χ1n) is 3.18. The molecule has 2 aliphatic rings. The summed E-state index contributed by atoms with van der Waals surface area (Å²) in [7, 11) is 0. The van der Waals surface area contributed by atoms with Gasteiger partial charge in [-0.1, -0.05) is 4.99 Å². The Morgan fingerprint density at radius 2 is 2.40 bits per heavy atom. The van der Waals surface area contributed by atoms with Gasteiger partial charge in [0.25, 0.3) is 0 Å². The number of guanidine groups is 1. The first-order chi connectivity index (χ1) is 4.88. The summed E-state index contributed by atoms with van der Waals surface area (Å²) in [6.45, 7) is 0. The summed E-state index contributed by atoms with van der Waals surface area (Å²) >= 11 is 0. The molecule has 50 valence electrons. The zero-order chi connectivity index (χ0) is 6.97. The predicted molar refractivity (Wildman–Crippen MR) is 40.0 cm³/mol.